The van der Waals surface area contributed by atoms with Gasteiger partial charge in [0.05, 0.1) is 9.82 Å². The number of hydrogen-bond acceptors (Lipinski definition) is 4. The molecule has 1 atom stereocenters. The summed E-state index contributed by atoms with van der Waals surface area (Å²) in [7, 11) is 0. The van der Waals surface area contributed by atoms with E-state index in [9.17, 15) is 14.9 Å². The number of rotatable bonds is 3. The van der Waals surface area contributed by atoms with E-state index in [0.29, 0.717) is 17.7 Å². The Morgan fingerprint density at radius 3 is 2.82 bits per heavy atom. The number of thioether (sulfide) groups is 1. The minimum atomic E-state index is -0.368. The van der Waals surface area contributed by atoms with Crippen LogP contribution >= 0.6 is 11.8 Å². The first-order valence-corrected chi connectivity index (χ1v) is 6.46. The molecule has 5 heteroatoms. The van der Waals surface area contributed by atoms with Gasteiger partial charge in [-0.25, -0.2) is 0 Å². The quantitative estimate of drug-likeness (QED) is 0.611. The minimum Gasteiger partial charge on any atom is -0.300 e. The van der Waals surface area contributed by atoms with Gasteiger partial charge in [0.15, 0.2) is 0 Å². The molecule has 1 unspecified atom stereocenters. The van der Waals surface area contributed by atoms with Crippen molar-refractivity contribution < 1.29 is 9.72 Å². The molecule has 0 radical (unpaired) electrons. The summed E-state index contributed by atoms with van der Waals surface area (Å²) in [6.07, 6.45) is 3.06. The molecule has 17 heavy (non-hydrogen) atoms. The van der Waals surface area contributed by atoms with Gasteiger partial charge in [0.25, 0.3) is 5.69 Å². The lowest BCUT2D eigenvalue weighted by molar-refractivity contribution is -0.387. The molecule has 0 aromatic heterocycles. The number of carbonyl (C=O) groups excluding carboxylic acids is 1. The van der Waals surface area contributed by atoms with Crippen LogP contribution < -0.4 is 0 Å². The van der Waals surface area contributed by atoms with Crippen molar-refractivity contribution in [3.05, 3.63) is 34.4 Å². The number of Topliss-reactive ketones (excluding diaryl/α,β-unsaturated/α-hetero) is 1. The van der Waals surface area contributed by atoms with Gasteiger partial charge in [-0.2, -0.15) is 0 Å². The predicted molar refractivity (Wildman–Crippen MR) is 66.2 cm³/mol. The first kappa shape index (κ1) is 12.1. The van der Waals surface area contributed by atoms with E-state index >= 15 is 0 Å². The highest BCUT2D eigenvalue weighted by atomic mass is 32.2. The van der Waals surface area contributed by atoms with Gasteiger partial charge in [-0.3, -0.25) is 14.9 Å². The van der Waals surface area contributed by atoms with Crippen molar-refractivity contribution in [1.29, 1.82) is 0 Å². The molecule has 0 saturated heterocycles. The van der Waals surface area contributed by atoms with Crippen LogP contribution in [0.4, 0.5) is 5.69 Å². The lowest BCUT2D eigenvalue weighted by Gasteiger charge is -2.19. The van der Waals surface area contributed by atoms with Crippen molar-refractivity contribution in [2.45, 2.75) is 35.8 Å². The van der Waals surface area contributed by atoms with Crippen LogP contribution in [0, 0.1) is 10.1 Å². The number of benzene rings is 1. The first-order valence-electron chi connectivity index (χ1n) is 5.58. The standard InChI is InChI=1S/C12H13NO3S/c14-9-4-3-5-10(8-9)17-12-7-2-1-6-11(12)13(15)16/h1-2,6-7,10H,3-5,8H2. The van der Waals surface area contributed by atoms with Crippen LogP contribution in [0.25, 0.3) is 0 Å². The average molecular weight is 251 g/mol. The Bertz CT molecular complexity index is 447. The molecule has 0 heterocycles. The number of ketones is 1. The van der Waals surface area contributed by atoms with Gasteiger partial charge in [-0.15, -0.1) is 11.8 Å². The lowest BCUT2D eigenvalue weighted by atomic mass is 9.99. The molecule has 90 valence electrons. The maximum atomic E-state index is 11.3. The van der Waals surface area contributed by atoms with Crippen molar-refractivity contribution in [2.24, 2.45) is 0 Å². The molecule has 1 aromatic rings. The van der Waals surface area contributed by atoms with Gasteiger partial charge in [0, 0.05) is 24.2 Å². The average Bonchev–Trinajstić information content (AvgIpc) is 2.29. The van der Waals surface area contributed by atoms with Crippen LogP contribution in [0.5, 0.6) is 0 Å². The first-order chi connectivity index (χ1) is 8.16. The molecule has 1 fully saturated rings. The molecule has 0 amide bonds. The molecule has 0 spiro atoms. The molecule has 1 aliphatic carbocycles. The van der Waals surface area contributed by atoms with E-state index in [2.05, 4.69) is 0 Å². The van der Waals surface area contributed by atoms with Crippen LogP contribution in [0.2, 0.25) is 0 Å². The van der Waals surface area contributed by atoms with Crippen LogP contribution in [-0.2, 0) is 4.79 Å². The maximum absolute atomic E-state index is 11.3. The predicted octanol–water partition coefficient (Wildman–Crippen LogP) is 3.20. The molecular weight excluding hydrogens is 238 g/mol. The maximum Gasteiger partial charge on any atom is 0.282 e. The van der Waals surface area contributed by atoms with Crippen molar-refractivity contribution in [1.82, 2.24) is 0 Å². The summed E-state index contributed by atoms with van der Waals surface area (Å²) in [5.74, 6) is 0.271. The molecule has 1 saturated carbocycles. The largest absolute Gasteiger partial charge is 0.300 e. The van der Waals surface area contributed by atoms with E-state index in [-0.39, 0.29) is 21.6 Å². The van der Waals surface area contributed by atoms with Crippen LogP contribution in [0.1, 0.15) is 25.7 Å². The third-order valence-electron chi connectivity index (χ3n) is 2.79. The number of para-hydroxylation sites is 1. The second-order valence-electron chi connectivity index (χ2n) is 4.10. The SMILES string of the molecule is O=C1CCCC(Sc2ccccc2[N+](=O)[O-])C1. The molecular formula is C12H13NO3S. The van der Waals surface area contributed by atoms with Crippen molar-refractivity contribution >= 4 is 23.2 Å². The summed E-state index contributed by atoms with van der Waals surface area (Å²) >= 11 is 1.46. The van der Waals surface area contributed by atoms with Gasteiger partial charge in [0.1, 0.15) is 5.78 Å². The summed E-state index contributed by atoms with van der Waals surface area (Å²) in [6, 6.07) is 6.71. The fraction of sp³-hybridized carbons (Fsp3) is 0.417. The van der Waals surface area contributed by atoms with E-state index < -0.39 is 0 Å². The third kappa shape index (κ3) is 3.06. The molecule has 0 bridgehead atoms. The molecule has 1 aliphatic rings. The number of nitro benzene ring substituents is 1. The zero-order valence-electron chi connectivity index (χ0n) is 9.30. The minimum absolute atomic E-state index is 0.135. The van der Waals surface area contributed by atoms with Crippen LogP contribution in [0.15, 0.2) is 29.2 Å². The van der Waals surface area contributed by atoms with Crippen molar-refractivity contribution in [3.8, 4) is 0 Å². The second kappa shape index (κ2) is 5.31. The topological polar surface area (TPSA) is 60.2 Å². The molecule has 0 aliphatic heterocycles. The normalized spacial score (nSPS) is 20.2. The molecule has 4 nitrogen and oxygen atoms in total. The summed E-state index contributed by atoms with van der Waals surface area (Å²) in [6.45, 7) is 0. The number of nitro groups is 1. The fourth-order valence-electron chi connectivity index (χ4n) is 1.97. The highest BCUT2D eigenvalue weighted by Crippen LogP contribution is 2.36. The zero-order chi connectivity index (χ0) is 12.3. The van der Waals surface area contributed by atoms with E-state index in [1.165, 1.54) is 17.8 Å². The Labute approximate surface area is 104 Å². The van der Waals surface area contributed by atoms with Gasteiger partial charge in [-0.1, -0.05) is 12.1 Å². The number of carbonyl (C=O) groups is 1. The molecule has 2 rings (SSSR count). The monoisotopic (exact) mass is 251 g/mol. The Balaban J connectivity index is 2.12. The summed E-state index contributed by atoms with van der Waals surface area (Å²) < 4.78 is 0. The summed E-state index contributed by atoms with van der Waals surface area (Å²) in [4.78, 5) is 22.5. The van der Waals surface area contributed by atoms with Crippen LogP contribution in [0.3, 0.4) is 0 Å². The smallest absolute Gasteiger partial charge is 0.282 e. The van der Waals surface area contributed by atoms with E-state index in [1.807, 2.05) is 0 Å². The van der Waals surface area contributed by atoms with Crippen molar-refractivity contribution in [3.63, 3.8) is 0 Å². The highest BCUT2D eigenvalue weighted by Gasteiger charge is 2.23. The summed E-state index contributed by atoms with van der Waals surface area (Å²) in [5, 5.41) is 11.0. The lowest BCUT2D eigenvalue weighted by Crippen LogP contribution is -2.16. The van der Waals surface area contributed by atoms with Gasteiger partial charge >= 0.3 is 0 Å². The zero-order valence-corrected chi connectivity index (χ0v) is 10.1. The Kier molecular flexibility index (Phi) is 3.78. The fourth-order valence-corrected chi connectivity index (χ4v) is 3.31. The van der Waals surface area contributed by atoms with E-state index in [4.69, 9.17) is 0 Å². The van der Waals surface area contributed by atoms with Gasteiger partial charge < -0.3 is 0 Å². The van der Waals surface area contributed by atoms with Crippen molar-refractivity contribution in [2.75, 3.05) is 0 Å². The Hall–Kier alpha value is -1.36. The highest BCUT2D eigenvalue weighted by molar-refractivity contribution is 8.00. The van der Waals surface area contributed by atoms with E-state index in [1.54, 1.807) is 18.2 Å². The number of hydrogen-bond donors (Lipinski definition) is 0. The Morgan fingerprint density at radius 1 is 1.35 bits per heavy atom. The van der Waals surface area contributed by atoms with Gasteiger partial charge in [-0.05, 0) is 18.9 Å². The van der Waals surface area contributed by atoms with E-state index in [0.717, 1.165) is 12.8 Å². The summed E-state index contributed by atoms with van der Waals surface area (Å²) in [5.41, 5.74) is 0.135. The third-order valence-corrected chi connectivity index (χ3v) is 4.13. The number of nitrogens with zero attached hydrogens (tertiary/aromatic N) is 1. The Morgan fingerprint density at radius 2 is 2.12 bits per heavy atom. The van der Waals surface area contributed by atoms with Gasteiger partial charge in [0.2, 0.25) is 0 Å². The molecule has 0 N–H and O–H groups in total. The second-order valence-corrected chi connectivity index (χ2v) is 5.44. The van der Waals surface area contributed by atoms with Crippen LogP contribution in [-0.4, -0.2) is 16.0 Å². The molecule has 1 aromatic carbocycles.